The van der Waals surface area contributed by atoms with Gasteiger partial charge in [0.2, 0.25) is 5.91 Å². The van der Waals surface area contributed by atoms with Crippen LogP contribution in [0.5, 0.6) is 0 Å². The van der Waals surface area contributed by atoms with Crippen LogP contribution in [0.2, 0.25) is 5.02 Å². The molecule has 128 valence electrons. The van der Waals surface area contributed by atoms with E-state index in [0.717, 1.165) is 10.2 Å². The van der Waals surface area contributed by atoms with E-state index in [9.17, 15) is 9.59 Å². The molecule has 0 spiro atoms. The zero-order valence-corrected chi connectivity index (χ0v) is 14.3. The smallest absolute Gasteiger partial charge is 0.267 e. The van der Waals surface area contributed by atoms with Crippen molar-refractivity contribution in [2.45, 2.75) is 6.54 Å². The van der Waals surface area contributed by atoms with Crippen molar-refractivity contribution in [2.24, 2.45) is 0 Å². The third-order valence-corrected chi connectivity index (χ3v) is 3.84. The number of hydrogen-bond donors (Lipinski definition) is 1. The number of nitrogens with zero attached hydrogens (tertiary/aromatic N) is 3. The second-order valence-electron chi connectivity index (χ2n) is 5.43. The minimum atomic E-state index is -0.483. The van der Waals surface area contributed by atoms with Crippen molar-refractivity contribution < 1.29 is 4.79 Å². The number of benzene rings is 2. The minimum absolute atomic E-state index is 0.279. The molecule has 0 unspecified atom stereocenters. The van der Waals surface area contributed by atoms with Gasteiger partial charge in [0, 0.05) is 16.7 Å². The summed E-state index contributed by atoms with van der Waals surface area (Å²) in [5.74, 6) is -0.483. The summed E-state index contributed by atoms with van der Waals surface area (Å²) in [7, 11) is 0. The van der Waals surface area contributed by atoms with Crippen LogP contribution in [-0.2, 0) is 11.3 Å². The van der Waals surface area contributed by atoms with Crippen molar-refractivity contribution in [3.63, 3.8) is 0 Å². The van der Waals surface area contributed by atoms with Crippen molar-refractivity contribution in [3.8, 4) is 17.3 Å². The summed E-state index contributed by atoms with van der Waals surface area (Å²) < 4.78 is 1.08. The maximum atomic E-state index is 12.3. The maximum absolute atomic E-state index is 12.3. The number of aromatic nitrogens is 2. The molecule has 3 rings (SSSR count). The van der Waals surface area contributed by atoms with Crippen LogP contribution in [0, 0.1) is 11.3 Å². The average molecular weight is 365 g/mol. The summed E-state index contributed by atoms with van der Waals surface area (Å²) in [5, 5.41) is 16.3. The van der Waals surface area contributed by atoms with Crippen molar-refractivity contribution in [1.82, 2.24) is 9.78 Å². The van der Waals surface area contributed by atoms with Gasteiger partial charge >= 0.3 is 0 Å². The van der Waals surface area contributed by atoms with E-state index in [1.54, 1.807) is 12.1 Å². The molecular formula is C19H13ClN4O2. The van der Waals surface area contributed by atoms with Gasteiger partial charge in [0.1, 0.15) is 12.6 Å². The minimum Gasteiger partial charge on any atom is -0.323 e. The van der Waals surface area contributed by atoms with Crippen LogP contribution in [-0.4, -0.2) is 15.7 Å². The predicted molar refractivity (Wildman–Crippen MR) is 98.7 cm³/mol. The topological polar surface area (TPSA) is 87.8 Å². The highest BCUT2D eigenvalue weighted by molar-refractivity contribution is 6.31. The van der Waals surface area contributed by atoms with E-state index in [1.165, 1.54) is 18.2 Å². The molecule has 7 heteroatoms. The van der Waals surface area contributed by atoms with Gasteiger partial charge in [-0.15, -0.1) is 0 Å². The van der Waals surface area contributed by atoms with Crippen LogP contribution in [0.15, 0.2) is 65.5 Å². The molecule has 2 aromatic carbocycles. The van der Waals surface area contributed by atoms with Crippen molar-refractivity contribution in [3.05, 3.63) is 81.6 Å². The van der Waals surface area contributed by atoms with Gasteiger partial charge < -0.3 is 5.32 Å². The molecule has 3 aromatic rings. The molecule has 0 fully saturated rings. The first-order valence-corrected chi connectivity index (χ1v) is 8.08. The molecule has 0 bridgehead atoms. The number of rotatable bonds is 4. The van der Waals surface area contributed by atoms with E-state index in [4.69, 9.17) is 16.9 Å². The Balaban J connectivity index is 1.83. The van der Waals surface area contributed by atoms with Crippen LogP contribution < -0.4 is 10.9 Å². The molecule has 1 amide bonds. The fourth-order valence-corrected chi connectivity index (χ4v) is 2.54. The molecule has 1 aromatic heterocycles. The van der Waals surface area contributed by atoms with Crippen LogP contribution in [0.25, 0.3) is 11.3 Å². The Morgan fingerprint density at radius 2 is 1.92 bits per heavy atom. The number of anilines is 1. The SMILES string of the molecule is N#Cc1ccc(Cl)cc1NC(=O)Cn1nc(-c2ccccc2)ccc1=O. The highest BCUT2D eigenvalue weighted by atomic mass is 35.5. The number of hydrogen-bond acceptors (Lipinski definition) is 4. The predicted octanol–water partition coefficient (Wildman–Crippen LogP) is 3.07. The zero-order chi connectivity index (χ0) is 18.5. The van der Waals surface area contributed by atoms with E-state index >= 15 is 0 Å². The number of nitrogens with one attached hydrogen (secondary N) is 1. The van der Waals surface area contributed by atoms with Gasteiger partial charge in [0.05, 0.1) is 16.9 Å². The van der Waals surface area contributed by atoms with Crippen LogP contribution >= 0.6 is 11.6 Å². The molecule has 0 saturated heterocycles. The quantitative estimate of drug-likeness (QED) is 0.770. The van der Waals surface area contributed by atoms with Crippen LogP contribution in [0.3, 0.4) is 0 Å². The molecule has 0 atom stereocenters. The van der Waals surface area contributed by atoms with Crippen LogP contribution in [0.1, 0.15) is 5.56 Å². The highest BCUT2D eigenvalue weighted by Crippen LogP contribution is 2.20. The third kappa shape index (κ3) is 3.97. The Hall–Kier alpha value is -3.43. The van der Waals surface area contributed by atoms with E-state index in [1.807, 2.05) is 36.4 Å². The second kappa shape index (κ2) is 7.64. The van der Waals surface area contributed by atoms with E-state index in [2.05, 4.69) is 10.4 Å². The normalized spacial score (nSPS) is 10.2. The number of carbonyl (C=O) groups excluding carboxylic acids is 1. The van der Waals surface area contributed by atoms with E-state index in [0.29, 0.717) is 10.7 Å². The van der Waals surface area contributed by atoms with Gasteiger partial charge in [-0.05, 0) is 24.3 Å². The first-order chi connectivity index (χ1) is 12.6. The Labute approximate surface area is 154 Å². The maximum Gasteiger partial charge on any atom is 0.267 e. The number of halogens is 1. The molecule has 0 saturated carbocycles. The van der Waals surface area contributed by atoms with Crippen molar-refractivity contribution >= 4 is 23.2 Å². The first kappa shape index (κ1) is 17.4. The zero-order valence-electron chi connectivity index (χ0n) is 13.5. The van der Waals surface area contributed by atoms with Crippen LogP contribution in [0.4, 0.5) is 5.69 Å². The summed E-state index contributed by atoms with van der Waals surface area (Å²) >= 11 is 5.90. The number of amides is 1. The second-order valence-corrected chi connectivity index (χ2v) is 5.87. The molecule has 0 aliphatic rings. The highest BCUT2D eigenvalue weighted by Gasteiger charge is 2.11. The summed E-state index contributed by atoms with van der Waals surface area (Å²) in [4.78, 5) is 24.3. The Bertz CT molecular complexity index is 1060. The molecule has 0 radical (unpaired) electrons. The molecule has 6 nitrogen and oxygen atoms in total. The summed E-state index contributed by atoms with van der Waals surface area (Å²) in [5.41, 5.74) is 1.59. The van der Waals surface area contributed by atoms with Crippen molar-refractivity contribution in [1.29, 1.82) is 5.26 Å². The molecular weight excluding hydrogens is 352 g/mol. The standard InChI is InChI=1S/C19H13ClN4O2/c20-15-7-6-14(11-21)17(10-15)22-18(25)12-24-19(26)9-8-16(23-24)13-4-2-1-3-5-13/h1-10H,12H2,(H,22,25). The van der Waals surface area contributed by atoms with Gasteiger partial charge in [-0.2, -0.15) is 10.4 Å². The van der Waals surface area contributed by atoms with E-state index in [-0.39, 0.29) is 17.8 Å². The lowest BCUT2D eigenvalue weighted by Crippen LogP contribution is -2.29. The molecule has 1 N–H and O–H groups in total. The average Bonchev–Trinajstić information content (AvgIpc) is 2.64. The lowest BCUT2D eigenvalue weighted by atomic mass is 10.1. The van der Waals surface area contributed by atoms with Gasteiger partial charge in [0.15, 0.2) is 0 Å². The fraction of sp³-hybridized carbons (Fsp3) is 0.0526. The third-order valence-electron chi connectivity index (χ3n) is 3.61. The lowest BCUT2D eigenvalue weighted by molar-refractivity contribution is -0.117. The molecule has 0 aliphatic heterocycles. The Kier molecular flexibility index (Phi) is 5.11. The number of carbonyl (C=O) groups is 1. The fourth-order valence-electron chi connectivity index (χ4n) is 2.37. The van der Waals surface area contributed by atoms with Gasteiger partial charge in [0.25, 0.3) is 5.56 Å². The largest absolute Gasteiger partial charge is 0.323 e. The summed E-state index contributed by atoms with van der Waals surface area (Å²) in [6.45, 7) is -0.281. The lowest BCUT2D eigenvalue weighted by Gasteiger charge is -2.09. The molecule has 1 heterocycles. The summed E-state index contributed by atoms with van der Waals surface area (Å²) in [6, 6.07) is 18.8. The van der Waals surface area contributed by atoms with E-state index < -0.39 is 11.5 Å². The monoisotopic (exact) mass is 364 g/mol. The molecule has 26 heavy (non-hydrogen) atoms. The summed E-state index contributed by atoms with van der Waals surface area (Å²) in [6.07, 6.45) is 0. The Morgan fingerprint density at radius 3 is 2.65 bits per heavy atom. The molecule has 0 aliphatic carbocycles. The number of nitriles is 1. The first-order valence-electron chi connectivity index (χ1n) is 7.70. The van der Waals surface area contributed by atoms with Gasteiger partial charge in [-0.3, -0.25) is 9.59 Å². The Morgan fingerprint density at radius 1 is 1.15 bits per heavy atom. The van der Waals surface area contributed by atoms with Crippen molar-refractivity contribution in [2.75, 3.05) is 5.32 Å². The van der Waals surface area contributed by atoms with Gasteiger partial charge in [-0.25, -0.2) is 4.68 Å². The van der Waals surface area contributed by atoms with Gasteiger partial charge in [-0.1, -0.05) is 41.9 Å².